The van der Waals surface area contributed by atoms with Crippen molar-refractivity contribution in [3.63, 3.8) is 0 Å². The Labute approximate surface area is 106 Å². The molecular formula is C13H29N3O. The molecule has 1 aliphatic heterocycles. The molecule has 1 fully saturated rings. The molecule has 17 heavy (non-hydrogen) atoms. The van der Waals surface area contributed by atoms with Crippen LogP contribution in [0.5, 0.6) is 0 Å². The topological polar surface area (TPSA) is 44.4 Å². The summed E-state index contributed by atoms with van der Waals surface area (Å²) in [5.74, 6) is 0.238. The third-order valence-corrected chi connectivity index (χ3v) is 2.68. The molecule has 1 atom stereocenters. The van der Waals surface area contributed by atoms with Crippen molar-refractivity contribution in [1.29, 1.82) is 0 Å². The minimum absolute atomic E-state index is 0.0110. The van der Waals surface area contributed by atoms with Crippen LogP contribution in [0.4, 0.5) is 0 Å². The van der Waals surface area contributed by atoms with Crippen LogP contribution in [-0.2, 0) is 4.79 Å². The normalized spacial score (nSPS) is 18.5. The summed E-state index contributed by atoms with van der Waals surface area (Å²) in [6, 6.07) is 0.352. The summed E-state index contributed by atoms with van der Waals surface area (Å²) in [6.45, 7) is 14.8. The van der Waals surface area contributed by atoms with Gasteiger partial charge in [0.2, 0.25) is 0 Å². The first-order chi connectivity index (χ1) is 8.09. The molecule has 0 aromatic carbocycles. The molecule has 4 nitrogen and oxygen atoms in total. The van der Waals surface area contributed by atoms with Crippen molar-refractivity contribution in [2.24, 2.45) is 0 Å². The summed E-state index contributed by atoms with van der Waals surface area (Å²) in [4.78, 5) is 13.8. The first kappa shape index (κ1) is 16.6. The number of nitrogens with one attached hydrogen (secondary N) is 2. The average molecular weight is 243 g/mol. The number of piperazine rings is 1. The maximum Gasteiger partial charge on any atom is 0.147 e. The van der Waals surface area contributed by atoms with Gasteiger partial charge in [-0.2, -0.15) is 0 Å². The molecule has 4 heteroatoms. The number of hydrogen-bond donors (Lipinski definition) is 2. The lowest BCUT2D eigenvalue weighted by atomic mass is 10.1. The van der Waals surface area contributed by atoms with E-state index in [-0.39, 0.29) is 11.8 Å². The molecule has 2 N–H and O–H groups in total. The van der Waals surface area contributed by atoms with Gasteiger partial charge >= 0.3 is 0 Å². The van der Waals surface area contributed by atoms with E-state index in [1.807, 2.05) is 13.8 Å². The van der Waals surface area contributed by atoms with E-state index >= 15 is 0 Å². The largest absolute Gasteiger partial charge is 0.314 e. The molecule has 0 aromatic rings. The van der Waals surface area contributed by atoms with E-state index in [9.17, 15) is 4.79 Å². The lowest BCUT2D eigenvalue weighted by Gasteiger charge is -2.31. The SMILES string of the molecule is CC.CC(=O)C(CN1CCNCC1)NC(C)C. The van der Waals surface area contributed by atoms with Gasteiger partial charge in [0, 0.05) is 38.8 Å². The van der Waals surface area contributed by atoms with Crippen LogP contribution in [-0.4, -0.2) is 55.5 Å². The lowest BCUT2D eigenvalue weighted by molar-refractivity contribution is -0.119. The number of carbonyl (C=O) groups excluding carboxylic acids is 1. The average Bonchev–Trinajstić information content (AvgIpc) is 2.31. The van der Waals surface area contributed by atoms with Gasteiger partial charge in [0.25, 0.3) is 0 Å². The van der Waals surface area contributed by atoms with E-state index in [1.165, 1.54) is 0 Å². The van der Waals surface area contributed by atoms with Crippen LogP contribution < -0.4 is 10.6 Å². The fourth-order valence-electron chi connectivity index (χ4n) is 1.85. The van der Waals surface area contributed by atoms with Gasteiger partial charge < -0.3 is 10.6 Å². The van der Waals surface area contributed by atoms with Crippen molar-refractivity contribution in [2.75, 3.05) is 32.7 Å². The lowest BCUT2D eigenvalue weighted by Crippen LogP contribution is -2.52. The van der Waals surface area contributed by atoms with Crippen LogP contribution in [0, 0.1) is 0 Å². The molecule has 0 amide bonds. The van der Waals surface area contributed by atoms with Crippen LogP contribution in [0.3, 0.4) is 0 Å². The van der Waals surface area contributed by atoms with Crippen LogP contribution in [0.2, 0.25) is 0 Å². The molecule has 0 aliphatic carbocycles. The predicted octanol–water partition coefficient (Wildman–Crippen LogP) is 0.873. The molecule has 1 saturated heterocycles. The summed E-state index contributed by atoms with van der Waals surface area (Å²) < 4.78 is 0. The van der Waals surface area contributed by atoms with Gasteiger partial charge in [0.15, 0.2) is 0 Å². The van der Waals surface area contributed by atoms with Gasteiger partial charge in [0.1, 0.15) is 5.78 Å². The zero-order valence-corrected chi connectivity index (χ0v) is 12.0. The van der Waals surface area contributed by atoms with E-state index < -0.39 is 0 Å². The van der Waals surface area contributed by atoms with Crippen LogP contribution >= 0.6 is 0 Å². The number of hydrogen-bond acceptors (Lipinski definition) is 4. The number of carbonyl (C=O) groups is 1. The molecule has 1 heterocycles. The quantitative estimate of drug-likeness (QED) is 0.752. The fraction of sp³-hybridized carbons (Fsp3) is 0.923. The Bertz CT molecular complexity index is 201. The Morgan fingerprint density at radius 1 is 1.29 bits per heavy atom. The maximum atomic E-state index is 11.4. The Morgan fingerprint density at radius 3 is 2.24 bits per heavy atom. The van der Waals surface area contributed by atoms with Gasteiger partial charge in [-0.05, 0) is 6.92 Å². The number of nitrogens with zero attached hydrogens (tertiary/aromatic N) is 1. The Kier molecular flexibility index (Phi) is 9.31. The number of rotatable bonds is 5. The van der Waals surface area contributed by atoms with Crippen molar-refractivity contribution < 1.29 is 4.79 Å². The third-order valence-electron chi connectivity index (χ3n) is 2.68. The molecular weight excluding hydrogens is 214 g/mol. The molecule has 0 aromatic heterocycles. The molecule has 1 aliphatic rings. The molecule has 1 unspecified atom stereocenters. The number of Topliss-reactive ketones (excluding diaryl/α,β-unsaturated/α-hetero) is 1. The standard InChI is InChI=1S/C11H23N3O.C2H6/c1-9(2)13-11(10(3)15)8-14-6-4-12-5-7-14;1-2/h9,11-13H,4-8H2,1-3H3;1-2H3. The zero-order chi connectivity index (χ0) is 13.3. The van der Waals surface area contributed by atoms with E-state index in [0.29, 0.717) is 6.04 Å². The summed E-state index contributed by atoms with van der Waals surface area (Å²) >= 11 is 0. The molecule has 1 rings (SSSR count). The highest BCUT2D eigenvalue weighted by Gasteiger charge is 2.19. The van der Waals surface area contributed by atoms with Gasteiger partial charge in [0.05, 0.1) is 6.04 Å². The molecule has 0 saturated carbocycles. The van der Waals surface area contributed by atoms with E-state index in [2.05, 4.69) is 29.4 Å². The Hall–Kier alpha value is -0.450. The Morgan fingerprint density at radius 2 is 1.82 bits per heavy atom. The van der Waals surface area contributed by atoms with Crippen molar-refractivity contribution >= 4 is 5.78 Å². The second-order valence-corrected chi connectivity index (χ2v) is 4.54. The third kappa shape index (κ3) is 7.47. The van der Waals surface area contributed by atoms with Crippen LogP contribution in [0.1, 0.15) is 34.6 Å². The maximum absolute atomic E-state index is 11.4. The molecule has 0 bridgehead atoms. The first-order valence-corrected chi connectivity index (χ1v) is 6.79. The highest BCUT2D eigenvalue weighted by atomic mass is 16.1. The van der Waals surface area contributed by atoms with Gasteiger partial charge in [-0.15, -0.1) is 0 Å². The summed E-state index contributed by atoms with van der Waals surface area (Å²) in [5, 5.41) is 6.63. The van der Waals surface area contributed by atoms with Gasteiger partial charge in [-0.1, -0.05) is 27.7 Å². The smallest absolute Gasteiger partial charge is 0.147 e. The predicted molar refractivity (Wildman–Crippen MR) is 73.4 cm³/mol. The molecule has 0 radical (unpaired) electrons. The zero-order valence-electron chi connectivity index (χ0n) is 12.0. The van der Waals surface area contributed by atoms with Crippen LogP contribution in [0.15, 0.2) is 0 Å². The van der Waals surface area contributed by atoms with E-state index in [1.54, 1.807) is 6.92 Å². The summed E-state index contributed by atoms with van der Waals surface area (Å²) in [6.07, 6.45) is 0. The first-order valence-electron chi connectivity index (χ1n) is 6.79. The monoisotopic (exact) mass is 243 g/mol. The van der Waals surface area contributed by atoms with Crippen molar-refractivity contribution in [3.8, 4) is 0 Å². The Balaban J connectivity index is 0.00000121. The summed E-state index contributed by atoms with van der Waals surface area (Å²) in [7, 11) is 0. The van der Waals surface area contributed by atoms with E-state index in [4.69, 9.17) is 0 Å². The van der Waals surface area contributed by atoms with Crippen LogP contribution in [0.25, 0.3) is 0 Å². The second-order valence-electron chi connectivity index (χ2n) is 4.54. The second kappa shape index (κ2) is 9.57. The minimum atomic E-state index is -0.0110. The fourth-order valence-corrected chi connectivity index (χ4v) is 1.85. The van der Waals surface area contributed by atoms with Gasteiger partial charge in [-0.25, -0.2) is 0 Å². The van der Waals surface area contributed by atoms with Gasteiger partial charge in [-0.3, -0.25) is 9.69 Å². The molecule has 102 valence electrons. The van der Waals surface area contributed by atoms with Crippen molar-refractivity contribution in [1.82, 2.24) is 15.5 Å². The minimum Gasteiger partial charge on any atom is -0.314 e. The van der Waals surface area contributed by atoms with E-state index in [0.717, 1.165) is 32.7 Å². The van der Waals surface area contributed by atoms with Crippen molar-refractivity contribution in [2.45, 2.75) is 46.7 Å². The van der Waals surface area contributed by atoms with Crippen molar-refractivity contribution in [3.05, 3.63) is 0 Å². The highest BCUT2D eigenvalue weighted by Crippen LogP contribution is 1.98. The molecule has 0 spiro atoms. The summed E-state index contributed by atoms with van der Waals surface area (Å²) in [5.41, 5.74) is 0. The highest BCUT2D eigenvalue weighted by molar-refractivity contribution is 5.81. The number of ketones is 1.